The average Bonchev–Trinajstić information content (AvgIpc) is 3.35. The Labute approximate surface area is 264 Å². The molecule has 0 aliphatic carbocycles. The fourth-order valence-corrected chi connectivity index (χ4v) is 5.54. The minimum absolute atomic E-state index is 0.0675. The van der Waals surface area contributed by atoms with Crippen LogP contribution in [-0.4, -0.2) is 44.2 Å². The van der Waals surface area contributed by atoms with Gasteiger partial charge in [0, 0.05) is 26.1 Å². The number of benzene rings is 1. The zero-order valence-corrected chi connectivity index (χ0v) is 27.6. The Morgan fingerprint density at radius 2 is 1.91 bits per heavy atom. The smallest absolute Gasteiger partial charge is 0.348 e. The number of ether oxygens (including phenoxy) is 2. The van der Waals surface area contributed by atoms with Crippen molar-refractivity contribution in [1.82, 2.24) is 4.98 Å². The number of amides is 1. The first-order valence-electron chi connectivity index (χ1n) is 14.7. The first-order valence-corrected chi connectivity index (χ1v) is 15.9. The van der Waals surface area contributed by atoms with Gasteiger partial charge in [-0.25, -0.2) is 9.78 Å². The maximum absolute atomic E-state index is 12.2. The van der Waals surface area contributed by atoms with Gasteiger partial charge >= 0.3 is 5.97 Å². The second kappa shape index (κ2) is 18.9. The summed E-state index contributed by atoms with van der Waals surface area (Å²) in [6, 6.07) is 5.45. The monoisotopic (exact) mass is 630 g/mol. The molecular formula is C31H43ClN6O4S. The predicted octanol–water partition coefficient (Wildman–Crippen LogP) is 8.86. The number of nitriles is 1. The number of unbranched alkanes of at least 4 members (excludes halogenated alkanes) is 4. The highest BCUT2D eigenvalue weighted by atomic mass is 35.5. The lowest BCUT2D eigenvalue weighted by molar-refractivity contribution is -0.135. The van der Waals surface area contributed by atoms with Crippen LogP contribution in [0.2, 0.25) is 5.15 Å². The number of hydrogen-bond donors (Lipinski definition) is 1. The second-order valence-electron chi connectivity index (χ2n) is 10.2. The Morgan fingerprint density at radius 3 is 2.51 bits per heavy atom. The molecule has 1 unspecified atom stereocenters. The first-order chi connectivity index (χ1) is 20.7. The minimum Gasteiger partial charge on any atom is -0.494 e. The summed E-state index contributed by atoms with van der Waals surface area (Å²) in [4.78, 5) is 30.9. The number of methoxy groups -OCH3 is 2. The molecule has 1 N–H and O–H groups in total. The van der Waals surface area contributed by atoms with Gasteiger partial charge in [-0.1, -0.05) is 82.2 Å². The number of carbonyl (C=O) groups is 2. The summed E-state index contributed by atoms with van der Waals surface area (Å²) in [6.07, 6.45) is 10.5. The molecule has 0 aliphatic heterocycles. The normalized spacial score (nSPS) is 12.2. The third kappa shape index (κ3) is 11.3. The molecule has 2 aromatic rings. The fourth-order valence-electron chi connectivity index (χ4n) is 4.52. The van der Waals surface area contributed by atoms with Crippen LogP contribution in [0.15, 0.2) is 27.9 Å². The van der Waals surface area contributed by atoms with Crippen molar-refractivity contribution in [2.24, 2.45) is 16.1 Å². The number of azo groups is 1. The molecular weight excluding hydrogens is 588 g/mol. The van der Waals surface area contributed by atoms with Crippen LogP contribution in [-0.2, 0) is 14.3 Å². The van der Waals surface area contributed by atoms with Crippen molar-refractivity contribution in [3.63, 3.8) is 0 Å². The highest BCUT2D eigenvalue weighted by Crippen LogP contribution is 2.41. The van der Waals surface area contributed by atoms with Crippen LogP contribution in [0.4, 0.5) is 22.2 Å². The van der Waals surface area contributed by atoms with Gasteiger partial charge < -0.3 is 19.7 Å². The van der Waals surface area contributed by atoms with E-state index in [1.165, 1.54) is 33.0 Å². The Hall–Kier alpha value is -3.49. The zero-order chi connectivity index (χ0) is 31.8. The molecule has 1 aromatic heterocycles. The van der Waals surface area contributed by atoms with Gasteiger partial charge in [0.25, 0.3) is 0 Å². The first kappa shape index (κ1) is 35.7. The summed E-state index contributed by atoms with van der Waals surface area (Å²) >= 11 is 7.29. The topological polar surface area (TPSA) is 129 Å². The molecule has 0 bridgehead atoms. The fraction of sp³-hybridized carbons (Fsp3) is 0.548. The van der Waals surface area contributed by atoms with Crippen LogP contribution in [0.25, 0.3) is 6.08 Å². The number of aromatic nitrogens is 1. The standard InChI is InChI=1S/C31H43ClN6O4S/c1-7-10-12-13-15-38(20-22(9-3)14-11-8-2)26-17-24(34-21(4)39)25(18-27(26)41-5)36-37-31-35-29(32)28(43-31)16-23(19-33)30(40)42-6/h16-18,22H,7-15,20H2,1-6H3,(H,34,39)/b23-16+,37-36?. The van der Waals surface area contributed by atoms with Crippen LogP contribution in [0.3, 0.4) is 0 Å². The van der Waals surface area contributed by atoms with Crippen molar-refractivity contribution in [3.05, 3.63) is 27.7 Å². The van der Waals surface area contributed by atoms with Crippen molar-refractivity contribution in [2.45, 2.75) is 79.1 Å². The molecule has 43 heavy (non-hydrogen) atoms. The number of nitrogens with one attached hydrogen (secondary N) is 1. The zero-order valence-electron chi connectivity index (χ0n) is 26.0. The van der Waals surface area contributed by atoms with Crippen LogP contribution in [0.5, 0.6) is 5.75 Å². The summed E-state index contributed by atoms with van der Waals surface area (Å²) < 4.78 is 10.5. The summed E-state index contributed by atoms with van der Waals surface area (Å²) in [5, 5.41) is 21.0. The predicted molar refractivity (Wildman–Crippen MR) is 174 cm³/mol. The van der Waals surface area contributed by atoms with Gasteiger partial charge in [-0.05, 0) is 30.9 Å². The van der Waals surface area contributed by atoms with Crippen LogP contribution >= 0.6 is 22.9 Å². The Kier molecular flexibility index (Phi) is 15.7. The van der Waals surface area contributed by atoms with Crippen molar-refractivity contribution in [3.8, 4) is 11.8 Å². The molecule has 1 atom stereocenters. The van der Waals surface area contributed by atoms with Crippen molar-refractivity contribution < 1.29 is 19.1 Å². The van der Waals surface area contributed by atoms with E-state index in [1.54, 1.807) is 19.2 Å². The number of halogens is 1. The minimum atomic E-state index is -0.780. The van der Waals surface area contributed by atoms with E-state index in [2.05, 4.69) is 50.9 Å². The van der Waals surface area contributed by atoms with Gasteiger partial charge in [0.15, 0.2) is 0 Å². The van der Waals surface area contributed by atoms with E-state index in [0.29, 0.717) is 27.9 Å². The van der Waals surface area contributed by atoms with Gasteiger partial charge in [0.2, 0.25) is 11.0 Å². The molecule has 1 heterocycles. The van der Waals surface area contributed by atoms with Gasteiger partial charge in [0.1, 0.15) is 28.2 Å². The number of esters is 1. The van der Waals surface area contributed by atoms with E-state index in [-0.39, 0.29) is 21.8 Å². The molecule has 1 amide bonds. The molecule has 0 aliphatic rings. The number of thiazole rings is 1. The maximum Gasteiger partial charge on any atom is 0.348 e. The SMILES string of the molecule is CCCCCCN(CC(CC)CCCC)c1cc(NC(C)=O)c(N=Nc2nc(Cl)c(/C=C(\C#N)C(=O)OC)s2)cc1OC. The van der Waals surface area contributed by atoms with E-state index in [4.69, 9.17) is 16.3 Å². The summed E-state index contributed by atoms with van der Waals surface area (Å²) in [5.41, 5.74) is 1.56. The molecule has 0 saturated carbocycles. The number of hydrogen-bond acceptors (Lipinski definition) is 10. The van der Waals surface area contributed by atoms with E-state index in [1.807, 2.05) is 6.07 Å². The molecule has 2 rings (SSSR count). The highest BCUT2D eigenvalue weighted by Gasteiger charge is 2.20. The number of nitrogens with zero attached hydrogens (tertiary/aromatic N) is 5. The van der Waals surface area contributed by atoms with Crippen LogP contribution in [0, 0.1) is 17.2 Å². The lowest BCUT2D eigenvalue weighted by Crippen LogP contribution is -2.31. The second-order valence-corrected chi connectivity index (χ2v) is 11.5. The summed E-state index contributed by atoms with van der Waals surface area (Å²) in [5.74, 6) is 0.143. The van der Waals surface area contributed by atoms with Crippen molar-refractivity contribution in [2.75, 3.05) is 37.5 Å². The highest BCUT2D eigenvalue weighted by molar-refractivity contribution is 7.16. The molecule has 0 radical (unpaired) electrons. The lowest BCUT2D eigenvalue weighted by atomic mass is 9.98. The third-order valence-electron chi connectivity index (χ3n) is 6.89. The third-order valence-corrected chi connectivity index (χ3v) is 8.18. The molecule has 10 nitrogen and oxygen atoms in total. The van der Waals surface area contributed by atoms with Gasteiger partial charge in [-0.2, -0.15) is 5.26 Å². The molecule has 1 aromatic carbocycles. The van der Waals surface area contributed by atoms with E-state index < -0.39 is 5.97 Å². The molecule has 234 valence electrons. The largest absolute Gasteiger partial charge is 0.494 e. The Morgan fingerprint density at radius 1 is 1.16 bits per heavy atom. The number of rotatable bonds is 18. The van der Waals surface area contributed by atoms with E-state index in [0.717, 1.165) is 68.6 Å². The Bertz CT molecular complexity index is 1320. The van der Waals surface area contributed by atoms with Gasteiger partial charge in [-0.3, -0.25) is 4.79 Å². The number of anilines is 2. The van der Waals surface area contributed by atoms with Gasteiger partial charge in [-0.15, -0.1) is 10.2 Å². The van der Waals surface area contributed by atoms with E-state index >= 15 is 0 Å². The van der Waals surface area contributed by atoms with Crippen LogP contribution < -0.4 is 15.0 Å². The molecule has 0 fully saturated rings. The van der Waals surface area contributed by atoms with Crippen LogP contribution in [0.1, 0.15) is 83.9 Å². The average molecular weight is 631 g/mol. The van der Waals surface area contributed by atoms with Gasteiger partial charge in [0.05, 0.1) is 30.5 Å². The Balaban J connectivity index is 2.51. The molecule has 0 saturated heterocycles. The summed E-state index contributed by atoms with van der Waals surface area (Å²) in [6.45, 7) is 9.87. The maximum atomic E-state index is 12.2. The van der Waals surface area contributed by atoms with Crippen molar-refractivity contribution in [1.29, 1.82) is 5.26 Å². The van der Waals surface area contributed by atoms with E-state index in [9.17, 15) is 14.9 Å². The molecule has 12 heteroatoms. The lowest BCUT2D eigenvalue weighted by Gasteiger charge is -2.31. The van der Waals surface area contributed by atoms with Crippen molar-refractivity contribution >= 4 is 63.1 Å². The summed E-state index contributed by atoms with van der Waals surface area (Å²) in [7, 11) is 2.81. The molecule has 0 spiro atoms. The number of carbonyl (C=O) groups excluding carboxylic acids is 2. The quantitative estimate of drug-likeness (QED) is 0.0572.